The smallest absolute Gasteiger partial charge is 0.222 e. The van der Waals surface area contributed by atoms with Crippen molar-refractivity contribution in [3.05, 3.63) is 0 Å². The fourth-order valence-corrected chi connectivity index (χ4v) is 4.98. The molecule has 0 radical (unpaired) electrons. The maximum absolute atomic E-state index is 12.9. The van der Waals surface area contributed by atoms with Gasteiger partial charge in [-0.2, -0.15) is 0 Å². The number of nitrogens with zero attached hydrogens (tertiary/aromatic N) is 1. The summed E-state index contributed by atoms with van der Waals surface area (Å²) in [5.74, 6) is 0.434. The Balaban J connectivity index is 3.98. The molecule has 0 saturated carbocycles. The normalized spacial score (nSPS) is 11.3. The molecule has 0 atom stereocenters. The molecule has 0 aliphatic rings. The Hall–Kier alpha value is -0.530. The Bertz CT molecular complexity index is 370. The maximum Gasteiger partial charge on any atom is 0.222 e. The van der Waals surface area contributed by atoms with Gasteiger partial charge in [-0.05, 0) is 19.3 Å². The van der Waals surface area contributed by atoms with Gasteiger partial charge in [0.25, 0.3) is 0 Å². The molecule has 0 fully saturated rings. The summed E-state index contributed by atoms with van der Waals surface area (Å²) in [7, 11) is 0. The van der Waals surface area contributed by atoms with Crippen molar-refractivity contribution >= 4 is 5.91 Å². The number of amides is 1. The standard InChI is InChI=1S/C32H65NO/c1-4-7-10-13-15-17-19-21-24-27-30-33(32(34)29-26-23-12-9-6-3)31-28-25-22-20-18-16-14-11-8-5-2/h4-31H2,1-3H3. The van der Waals surface area contributed by atoms with Crippen LogP contribution in [0.15, 0.2) is 0 Å². The van der Waals surface area contributed by atoms with Crippen LogP contribution in [0.25, 0.3) is 0 Å². The quantitative estimate of drug-likeness (QED) is 0.102. The van der Waals surface area contributed by atoms with E-state index in [9.17, 15) is 4.79 Å². The van der Waals surface area contributed by atoms with E-state index in [1.165, 1.54) is 154 Å². The highest BCUT2D eigenvalue weighted by Gasteiger charge is 2.12. The van der Waals surface area contributed by atoms with Crippen LogP contribution in [0, 0.1) is 0 Å². The van der Waals surface area contributed by atoms with E-state index in [0.29, 0.717) is 5.91 Å². The van der Waals surface area contributed by atoms with E-state index >= 15 is 0 Å². The van der Waals surface area contributed by atoms with Crippen LogP contribution in [0.4, 0.5) is 0 Å². The van der Waals surface area contributed by atoms with Crippen molar-refractivity contribution in [2.24, 2.45) is 0 Å². The lowest BCUT2D eigenvalue weighted by Gasteiger charge is -2.23. The summed E-state index contributed by atoms with van der Waals surface area (Å²) < 4.78 is 0. The van der Waals surface area contributed by atoms with Crippen molar-refractivity contribution in [2.75, 3.05) is 13.1 Å². The van der Waals surface area contributed by atoms with Crippen LogP contribution in [0.1, 0.15) is 188 Å². The van der Waals surface area contributed by atoms with Crippen LogP contribution in [0.3, 0.4) is 0 Å². The van der Waals surface area contributed by atoms with E-state index in [4.69, 9.17) is 0 Å². The van der Waals surface area contributed by atoms with Crippen LogP contribution in [0.2, 0.25) is 0 Å². The highest BCUT2D eigenvalue weighted by molar-refractivity contribution is 5.76. The van der Waals surface area contributed by atoms with Gasteiger partial charge in [0.1, 0.15) is 0 Å². The van der Waals surface area contributed by atoms with Crippen molar-refractivity contribution in [1.82, 2.24) is 4.90 Å². The topological polar surface area (TPSA) is 20.3 Å². The van der Waals surface area contributed by atoms with Crippen molar-refractivity contribution in [1.29, 1.82) is 0 Å². The number of carbonyl (C=O) groups is 1. The summed E-state index contributed by atoms with van der Waals surface area (Å²) in [5.41, 5.74) is 0. The minimum Gasteiger partial charge on any atom is -0.343 e. The summed E-state index contributed by atoms with van der Waals surface area (Å²) in [4.78, 5) is 15.1. The van der Waals surface area contributed by atoms with Crippen LogP contribution in [-0.2, 0) is 4.79 Å². The first-order chi connectivity index (χ1) is 16.8. The fourth-order valence-electron chi connectivity index (χ4n) is 4.98. The van der Waals surface area contributed by atoms with Crippen LogP contribution < -0.4 is 0 Å². The lowest BCUT2D eigenvalue weighted by molar-refractivity contribution is -0.131. The molecule has 34 heavy (non-hydrogen) atoms. The van der Waals surface area contributed by atoms with Crippen LogP contribution in [0.5, 0.6) is 0 Å². The molecule has 0 rings (SSSR count). The van der Waals surface area contributed by atoms with Gasteiger partial charge in [0.15, 0.2) is 0 Å². The first kappa shape index (κ1) is 33.5. The first-order valence-electron chi connectivity index (χ1n) is 16.0. The van der Waals surface area contributed by atoms with Crippen LogP contribution in [-0.4, -0.2) is 23.9 Å². The molecular formula is C32H65NO. The predicted molar refractivity (Wildman–Crippen MR) is 154 cm³/mol. The molecule has 0 heterocycles. The van der Waals surface area contributed by atoms with E-state index < -0.39 is 0 Å². The zero-order chi connectivity index (χ0) is 25.0. The minimum atomic E-state index is 0.434. The monoisotopic (exact) mass is 480 g/mol. The molecule has 2 heteroatoms. The Kier molecular flexibility index (Phi) is 28.3. The molecule has 1 amide bonds. The van der Waals surface area contributed by atoms with Gasteiger partial charge in [-0.25, -0.2) is 0 Å². The number of hydrogen-bond donors (Lipinski definition) is 0. The molecule has 0 aromatic carbocycles. The highest BCUT2D eigenvalue weighted by Crippen LogP contribution is 2.14. The van der Waals surface area contributed by atoms with Gasteiger partial charge >= 0.3 is 0 Å². The lowest BCUT2D eigenvalue weighted by atomic mass is 10.1. The number of rotatable bonds is 28. The summed E-state index contributed by atoms with van der Waals surface area (Å²) in [5, 5.41) is 0. The minimum absolute atomic E-state index is 0.434. The fraction of sp³-hybridized carbons (Fsp3) is 0.969. The van der Waals surface area contributed by atoms with E-state index in [-0.39, 0.29) is 0 Å². The Morgan fingerprint density at radius 2 is 0.647 bits per heavy atom. The number of carbonyl (C=O) groups excluding carboxylic acids is 1. The van der Waals surface area contributed by atoms with E-state index in [1.54, 1.807) is 0 Å². The molecule has 0 saturated heterocycles. The molecule has 0 spiro atoms. The van der Waals surface area contributed by atoms with Crippen LogP contribution >= 0.6 is 0 Å². The summed E-state index contributed by atoms with van der Waals surface area (Å²) >= 11 is 0. The Morgan fingerprint density at radius 1 is 0.382 bits per heavy atom. The average molecular weight is 480 g/mol. The predicted octanol–water partition coefficient (Wildman–Crippen LogP) is 11.0. The Labute approximate surface area is 216 Å². The van der Waals surface area contributed by atoms with Crippen molar-refractivity contribution in [3.63, 3.8) is 0 Å². The second kappa shape index (κ2) is 28.7. The van der Waals surface area contributed by atoms with Gasteiger partial charge in [-0.1, -0.05) is 162 Å². The van der Waals surface area contributed by atoms with E-state index in [2.05, 4.69) is 25.7 Å². The summed E-state index contributed by atoms with van der Waals surface area (Å²) in [6.45, 7) is 8.84. The zero-order valence-corrected chi connectivity index (χ0v) is 24.2. The van der Waals surface area contributed by atoms with Gasteiger partial charge in [0.2, 0.25) is 5.91 Å². The molecule has 0 aliphatic carbocycles. The third-order valence-corrected chi connectivity index (χ3v) is 7.41. The largest absolute Gasteiger partial charge is 0.343 e. The third-order valence-electron chi connectivity index (χ3n) is 7.41. The molecule has 2 nitrogen and oxygen atoms in total. The molecular weight excluding hydrogens is 414 g/mol. The summed E-state index contributed by atoms with van der Waals surface area (Å²) in [6.07, 6.45) is 34.3. The van der Waals surface area contributed by atoms with Gasteiger partial charge in [0.05, 0.1) is 0 Å². The molecule has 0 aromatic heterocycles. The van der Waals surface area contributed by atoms with E-state index in [0.717, 1.165) is 25.9 Å². The molecule has 204 valence electrons. The van der Waals surface area contributed by atoms with E-state index in [1.807, 2.05) is 0 Å². The van der Waals surface area contributed by atoms with Crippen molar-refractivity contribution in [3.8, 4) is 0 Å². The molecule has 0 aliphatic heterocycles. The number of unbranched alkanes of at least 4 members (excludes halogenated alkanes) is 22. The molecule has 0 N–H and O–H groups in total. The third kappa shape index (κ3) is 24.6. The Morgan fingerprint density at radius 3 is 0.971 bits per heavy atom. The zero-order valence-electron chi connectivity index (χ0n) is 24.2. The SMILES string of the molecule is CCCCCCCCCCCCN(CCCCCCCCCCCC)C(=O)CCCCCCC. The maximum atomic E-state index is 12.9. The molecule has 0 aromatic rings. The second-order valence-corrected chi connectivity index (χ2v) is 10.9. The van der Waals surface area contributed by atoms with Gasteiger partial charge in [-0.3, -0.25) is 4.79 Å². The first-order valence-corrected chi connectivity index (χ1v) is 16.0. The molecule has 0 unspecified atom stereocenters. The highest BCUT2D eigenvalue weighted by atomic mass is 16.2. The lowest BCUT2D eigenvalue weighted by Crippen LogP contribution is -2.32. The molecule has 0 bridgehead atoms. The van der Waals surface area contributed by atoms with Gasteiger partial charge in [-0.15, -0.1) is 0 Å². The van der Waals surface area contributed by atoms with Crippen molar-refractivity contribution in [2.45, 2.75) is 188 Å². The summed E-state index contributed by atoms with van der Waals surface area (Å²) in [6, 6.07) is 0. The average Bonchev–Trinajstić information content (AvgIpc) is 2.84. The second-order valence-electron chi connectivity index (χ2n) is 10.9. The van der Waals surface area contributed by atoms with Crippen molar-refractivity contribution < 1.29 is 4.79 Å². The van der Waals surface area contributed by atoms with Gasteiger partial charge < -0.3 is 4.90 Å². The number of hydrogen-bond acceptors (Lipinski definition) is 1. The van der Waals surface area contributed by atoms with Gasteiger partial charge in [0, 0.05) is 19.5 Å².